The molecule has 6 heteroatoms. The summed E-state index contributed by atoms with van der Waals surface area (Å²) in [5.41, 5.74) is 0.722. The molecule has 2 aromatic rings. The third-order valence-electron chi connectivity index (χ3n) is 2.01. The van der Waals surface area contributed by atoms with E-state index in [4.69, 9.17) is 5.26 Å². The first-order valence-electron chi connectivity index (χ1n) is 4.82. The Morgan fingerprint density at radius 2 is 2.50 bits per heavy atom. The molecular weight excluding hydrogens is 224 g/mol. The van der Waals surface area contributed by atoms with Crippen molar-refractivity contribution in [2.75, 3.05) is 6.54 Å². The summed E-state index contributed by atoms with van der Waals surface area (Å²) in [6.07, 6.45) is 2.07. The highest BCUT2D eigenvalue weighted by Crippen LogP contribution is 2.13. The van der Waals surface area contributed by atoms with Crippen molar-refractivity contribution >= 4 is 11.3 Å². The molecule has 5 nitrogen and oxygen atoms in total. The quantitative estimate of drug-likeness (QED) is 0.790. The largest absolute Gasteiger partial charge is 0.343 e. The van der Waals surface area contributed by atoms with Gasteiger partial charge in [-0.3, -0.25) is 0 Å². The lowest BCUT2D eigenvalue weighted by Crippen LogP contribution is -2.16. The van der Waals surface area contributed by atoms with Gasteiger partial charge in [0, 0.05) is 29.8 Å². The molecule has 0 aliphatic carbocycles. The Balaban J connectivity index is 1.70. The molecule has 16 heavy (non-hydrogen) atoms. The molecule has 2 aromatic heterocycles. The lowest BCUT2D eigenvalue weighted by molar-refractivity contribution is 0.409. The zero-order valence-electron chi connectivity index (χ0n) is 8.51. The molecule has 0 amide bonds. The van der Waals surface area contributed by atoms with Gasteiger partial charge < -0.3 is 9.84 Å². The predicted molar refractivity (Wildman–Crippen MR) is 58.7 cm³/mol. The van der Waals surface area contributed by atoms with E-state index in [0.717, 1.165) is 30.0 Å². The van der Waals surface area contributed by atoms with Gasteiger partial charge in [0.1, 0.15) is 6.07 Å². The second kappa shape index (κ2) is 5.39. The van der Waals surface area contributed by atoms with Gasteiger partial charge in [-0.15, -0.1) is 11.3 Å². The fourth-order valence-electron chi connectivity index (χ4n) is 1.25. The molecule has 1 N–H and O–H groups in total. The van der Waals surface area contributed by atoms with Crippen LogP contribution in [0, 0.1) is 11.3 Å². The number of nitrogens with one attached hydrogen (secondary N) is 1. The summed E-state index contributed by atoms with van der Waals surface area (Å²) in [4.78, 5) is 5.08. The van der Waals surface area contributed by atoms with E-state index < -0.39 is 0 Å². The Kier molecular flexibility index (Phi) is 3.64. The van der Waals surface area contributed by atoms with Crippen molar-refractivity contribution < 1.29 is 4.52 Å². The van der Waals surface area contributed by atoms with Crippen LogP contribution in [0.1, 0.15) is 16.3 Å². The second-order valence-corrected chi connectivity index (χ2v) is 4.18. The Morgan fingerprint density at radius 1 is 1.56 bits per heavy atom. The minimum atomic E-state index is 0.705. The van der Waals surface area contributed by atoms with Crippen molar-refractivity contribution in [1.29, 1.82) is 5.26 Å². The van der Waals surface area contributed by atoms with Gasteiger partial charge in [-0.2, -0.15) is 10.2 Å². The minimum Gasteiger partial charge on any atom is -0.343 e. The molecule has 0 atom stereocenters. The van der Waals surface area contributed by atoms with Crippen LogP contribution in [0.3, 0.4) is 0 Å². The van der Waals surface area contributed by atoms with E-state index in [2.05, 4.69) is 26.0 Å². The lowest BCUT2D eigenvalue weighted by Gasteiger charge is -1.99. The molecule has 0 fully saturated rings. The molecule has 2 rings (SSSR count). The van der Waals surface area contributed by atoms with E-state index in [1.807, 2.05) is 11.4 Å². The monoisotopic (exact) mass is 234 g/mol. The van der Waals surface area contributed by atoms with Crippen molar-refractivity contribution in [2.45, 2.75) is 13.0 Å². The molecule has 0 radical (unpaired) electrons. The van der Waals surface area contributed by atoms with Crippen LogP contribution in [0.25, 0.3) is 0 Å². The topological polar surface area (TPSA) is 74.7 Å². The van der Waals surface area contributed by atoms with E-state index in [9.17, 15) is 0 Å². The molecule has 0 spiro atoms. The minimum absolute atomic E-state index is 0.705. The Bertz CT molecular complexity index is 471. The fraction of sp³-hybridized carbons (Fsp3) is 0.300. The van der Waals surface area contributed by atoms with Gasteiger partial charge in [0.05, 0.1) is 5.56 Å². The van der Waals surface area contributed by atoms with Crippen LogP contribution in [0.4, 0.5) is 0 Å². The molecule has 0 aliphatic heterocycles. The van der Waals surface area contributed by atoms with Gasteiger partial charge >= 0.3 is 0 Å². The summed E-state index contributed by atoms with van der Waals surface area (Å²) in [5, 5.41) is 17.5. The summed E-state index contributed by atoms with van der Waals surface area (Å²) < 4.78 is 4.62. The second-order valence-electron chi connectivity index (χ2n) is 3.19. The summed E-state index contributed by atoms with van der Waals surface area (Å²) in [7, 11) is 0. The van der Waals surface area contributed by atoms with Crippen molar-refractivity contribution in [1.82, 2.24) is 15.5 Å². The number of aromatic nitrogens is 2. The van der Waals surface area contributed by atoms with Crippen LogP contribution in [0.2, 0.25) is 0 Å². The summed E-state index contributed by atoms with van der Waals surface area (Å²) in [5.74, 6) is 0.705. The Hall–Kier alpha value is -1.71. The van der Waals surface area contributed by atoms with Crippen molar-refractivity contribution in [3.05, 3.63) is 34.1 Å². The number of nitrogens with zero attached hydrogens (tertiary/aromatic N) is 3. The van der Waals surface area contributed by atoms with Crippen LogP contribution in [0.15, 0.2) is 22.4 Å². The molecule has 0 aromatic carbocycles. The zero-order valence-corrected chi connectivity index (χ0v) is 9.33. The molecule has 0 saturated carbocycles. The zero-order chi connectivity index (χ0) is 11.2. The van der Waals surface area contributed by atoms with E-state index >= 15 is 0 Å². The lowest BCUT2D eigenvalue weighted by atomic mass is 10.3. The first-order valence-corrected chi connectivity index (χ1v) is 5.70. The van der Waals surface area contributed by atoms with Crippen molar-refractivity contribution in [3.8, 4) is 6.07 Å². The third-order valence-corrected chi connectivity index (χ3v) is 2.95. The Labute approximate surface area is 96.7 Å². The van der Waals surface area contributed by atoms with Crippen molar-refractivity contribution in [2.24, 2.45) is 0 Å². The van der Waals surface area contributed by atoms with Crippen LogP contribution in [0.5, 0.6) is 0 Å². The van der Waals surface area contributed by atoms with E-state index in [0.29, 0.717) is 5.82 Å². The predicted octanol–water partition coefficient (Wildman–Crippen LogP) is 1.34. The van der Waals surface area contributed by atoms with Crippen molar-refractivity contribution in [3.63, 3.8) is 0 Å². The maximum absolute atomic E-state index is 8.66. The van der Waals surface area contributed by atoms with Crippen LogP contribution >= 0.6 is 11.3 Å². The molecular formula is C10H10N4OS. The first kappa shape index (κ1) is 10.8. The SMILES string of the molecule is N#Cc1csc(CNCCc2ncon2)c1. The molecule has 82 valence electrons. The van der Waals surface area contributed by atoms with Crippen LogP contribution in [-0.4, -0.2) is 16.7 Å². The van der Waals surface area contributed by atoms with E-state index in [1.54, 1.807) is 11.3 Å². The smallest absolute Gasteiger partial charge is 0.213 e. The maximum Gasteiger partial charge on any atom is 0.213 e. The highest BCUT2D eigenvalue weighted by molar-refractivity contribution is 7.10. The number of thiophene rings is 1. The third kappa shape index (κ3) is 2.89. The average Bonchev–Trinajstić information content (AvgIpc) is 2.95. The number of hydrogen-bond donors (Lipinski definition) is 1. The van der Waals surface area contributed by atoms with Gasteiger partial charge in [0.15, 0.2) is 5.82 Å². The first-order chi connectivity index (χ1) is 7.88. The van der Waals surface area contributed by atoms with E-state index in [-0.39, 0.29) is 0 Å². The summed E-state index contributed by atoms with van der Waals surface area (Å²) in [6, 6.07) is 4.01. The standard InChI is InChI=1S/C10H10N4OS/c11-4-8-3-9(16-6-8)5-12-2-1-10-13-7-15-14-10/h3,6-7,12H,1-2,5H2. The molecule has 0 aliphatic rings. The van der Waals surface area contributed by atoms with Gasteiger partial charge in [0.25, 0.3) is 0 Å². The van der Waals surface area contributed by atoms with Crippen LogP contribution < -0.4 is 5.32 Å². The average molecular weight is 234 g/mol. The normalized spacial score (nSPS) is 10.2. The fourth-order valence-corrected chi connectivity index (χ4v) is 2.03. The molecule has 2 heterocycles. The Morgan fingerprint density at radius 3 is 3.19 bits per heavy atom. The molecule has 0 bridgehead atoms. The molecule has 0 saturated heterocycles. The van der Waals surface area contributed by atoms with Gasteiger partial charge in [-0.25, -0.2) is 0 Å². The summed E-state index contributed by atoms with van der Waals surface area (Å²) in [6.45, 7) is 1.56. The van der Waals surface area contributed by atoms with E-state index in [1.165, 1.54) is 6.39 Å². The van der Waals surface area contributed by atoms with Gasteiger partial charge in [-0.1, -0.05) is 5.16 Å². The van der Waals surface area contributed by atoms with Gasteiger partial charge in [-0.05, 0) is 6.07 Å². The molecule has 0 unspecified atom stereocenters. The highest BCUT2D eigenvalue weighted by Gasteiger charge is 2.00. The summed E-state index contributed by atoms with van der Waals surface area (Å²) >= 11 is 1.59. The van der Waals surface area contributed by atoms with Gasteiger partial charge in [0.2, 0.25) is 6.39 Å². The number of hydrogen-bond acceptors (Lipinski definition) is 6. The highest BCUT2D eigenvalue weighted by atomic mass is 32.1. The number of nitriles is 1. The van der Waals surface area contributed by atoms with Crippen LogP contribution in [-0.2, 0) is 13.0 Å². The maximum atomic E-state index is 8.66. The number of rotatable bonds is 5.